The number of hydrogen-bond acceptors (Lipinski definition) is 4. The van der Waals surface area contributed by atoms with Crippen LogP contribution in [0.15, 0.2) is 10.5 Å². The summed E-state index contributed by atoms with van der Waals surface area (Å²) in [4.78, 5) is 22.6. The van der Waals surface area contributed by atoms with Crippen LogP contribution in [-0.2, 0) is 10.2 Å². The molecule has 1 N–H and O–H groups in total. The van der Waals surface area contributed by atoms with Gasteiger partial charge in [-0.25, -0.2) is 0 Å². The fourth-order valence-corrected chi connectivity index (χ4v) is 3.50. The zero-order valence-corrected chi connectivity index (χ0v) is 11.5. The maximum absolute atomic E-state index is 11.6. The van der Waals surface area contributed by atoms with Gasteiger partial charge in [0.1, 0.15) is 0 Å². The van der Waals surface area contributed by atoms with Crippen LogP contribution in [0.2, 0.25) is 0 Å². The van der Waals surface area contributed by atoms with Gasteiger partial charge >= 0.3 is 5.97 Å². The Kier molecular flexibility index (Phi) is 2.78. The summed E-state index contributed by atoms with van der Waals surface area (Å²) >= 11 is 3.36. The lowest BCUT2D eigenvalue weighted by atomic mass is 9.64. The maximum atomic E-state index is 11.6. The average molecular weight is 327 g/mol. The van der Waals surface area contributed by atoms with E-state index in [-0.39, 0.29) is 6.79 Å². The van der Waals surface area contributed by atoms with Crippen LogP contribution < -0.4 is 9.47 Å². The molecule has 3 rings (SSSR count). The number of carbonyl (C=O) groups is 2. The van der Waals surface area contributed by atoms with Crippen LogP contribution in [0.5, 0.6) is 11.5 Å². The molecule has 1 aromatic rings. The smallest absolute Gasteiger partial charge is 0.314 e. The largest absolute Gasteiger partial charge is 0.481 e. The molecule has 5 nitrogen and oxygen atoms in total. The number of fused-ring (bicyclic) bond motifs is 1. The van der Waals surface area contributed by atoms with E-state index >= 15 is 0 Å². The fourth-order valence-electron chi connectivity index (χ4n) is 2.70. The summed E-state index contributed by atoms with van der Waals surface area (Å²) in [6, 6.07) is 1.60. The molecular formula is C13H11BrO5. The van der Waals surface area contributed by atoms with E-state index in [1.54, 1.807) is 6.07 Å². The van der Waals surface area contributed by atoms with Crippen LogP contribution in [0.4, 0.5) is 0 Å². The number of ether oxygens (including phenoxy) is 2. The van der Waals surface area contributed by atoms with Crippen molar-refractivity contribution >= 4 is 28.2 Å². The minimum absolute atomic E-state index is 0.00925. The third-order valence-corrected chi connectivity index (χ3v) is 4.47. The first kappa shape index (κ1) is 12.5. The molecule has 1 aliphatic heterocycles. The molecule has 0 aromatic heterocycles. The van der Waals surface area contributed by atoms with E-state index in [2.05, 4.69) is 15.9 Å². The van der Waals surface area contributed by atoms with Crippen molar-refractivity contribution < 1.29 is 24.2 Å². The summed E-state index contributed by atoms with van der Waals surface area (Å²) < 4.78 is 11.3. The van der Waals surface area contributed by atoms with Crippen LogP contribution in [0.3, 0.4) is 0 Å². The molecule has 6 heteroatoms. The Bertz CT molecular complexity index is 577. The van der Waals surface area contributed by atoms with Gasteiger partial charge in [0.25, 0.3) is 0 Å². The molecule has 0 saturated heterocycles. The highest BCUT2D eigenvalue weighted by atomic mass is 79.9. The number of carbonyl (C=O) groups excluding carboxylic acids is 1. The van der Waals surface area contributed by atoms with E-state index in [9.17, 15) is 14.7 Å². The van der Waals surface area contributed by atoms with Crippen molar-refractivity contribution in [1.82, 2.24) is 0 Å². The molecule has 19 heavy (non-hydrogen) atoms. The van der Waals surface area contributed by atoms with Crippen molar-refractivity contribution in [2.45, 2.75) is 24.7 Å². The van der Waals surface area contributed by atoms with E-state index in [0.717, 1.165) is 6.42 Å². The monoisotopic (exact) mass is 326 g/mol. The van der Waals surface area contributed by atoms with E-state index in [4.69, 9.17) is 9.47 Å². The van der Waals surface area contributed by atoms with Crippen LogP contribution in [0.1, 0.15) is 35.2 Å². The Morgan fingerprint density at radius 2 is 2.05 bits per heavy atom. The van der Waals surface area contributed by atoms with Gasteiger partial charge < -0.3 is 14.6 Å². The summed E-state index contributed by atoms with van der Waals surface area (Å²) in [6.07, 6.45) is 2.68. The van der Waals surface area contributed by atoms with Crippen molar-refractivity contribution in [1.29, 1.82) is 0 Å². The highest BCUT2D eigenvalue weighted by Gasteiger charge is 2.50. The van der Waals surface area contributed by atoms with Crippen LogP contribution in [0.25, 0.3) is 0 Å². The van der Waals surface area contributed by atoms with Gasteiger partial charge in [0.15, 0.2) is 17.8 Å². The van der Waals surface area contributed by atoms with Gasteiger partial charge in [0, 0.05) is 10.0 Å². The van der Waals surface area contributed by atoms with Crippen LogP contribution in [-0.4, -0.2) is 24.2 Å². The third kappa shape index (κ3) is 1.59. The Labute approximate surface area is 117 Å². The number of aliphatic carboxylic acids is 1. The summed E-state index contributed by atoms with van der Waals surface area (Å²) in [5.41, 5.74) is 0.0187. The second kappa shape index (κ2) is 4.23. The van der Waals surface area contributed by atoms with E-state index in [1.807, 2.05) is 0 Å². The zero-order valence-electron chi connectivity index (χ0n) is 9.94. The molecule has 0 unspecified atom stereocenters. The minimum Gasteiger partial charge on any atom is -0.481 e. The molecule has 1 fully saturated rings. The van der Waals surface area contributed by atoms with E-state index < -0.39 is 11.4 Å². The van der Waals surface area contributed by atoms with Crippen molar-refractivity contribution in [3.8, 4) is 11.5 Å². The average Bonchev–Trinajstić information content (AvgIpc) is 2.78. The van der Waals surface area contributed by atoms with Crippen molar-refractivity contribution in [3.05, 3.63) is 21.7 Å². The zero-order chi connectivity index (χ0) is 13.6. The predicted molar refractivity (Wildman–Crippen MR) is 68.8 cm³/mol. The van der Waals surface area contributed by atoms with Gasteiger partial charge in [0.05, 0.1) is 11.0 Å². The quantitative estimate of drug-likeness (QED) is 0.864. The summed E-state index contributed by atoms with van der Waals surface area (Å²) in [6.45, 7) is 0.00925. The first-order valence-electron chi connectivity index (χ1n) is 5.91. The molecule has 1 aromatic carbocycles. The highest BCUT2D eigenvalue weighted by molar-refractivity contribution is 9.10. The SMILES string of the molecule is O=Cc1cc(Br)c(C2(C(=O)O)CCC2)c2c1OCO2. The van der Waals surface area contributed by atoms with Crippen molar-refractivity contribution in [2.75, 3.05) is 6.79 Å². The standard InChI is InChI=1S/C13H11BrO5/c14-8-4-7(5-15)10-11(19-6-18-10)9(8)13(12(16)17)2-1-3-13/h4-5H,1-3,6H2,(H,16,17). The molecule has 0 atom stereocenters. The van der Waals surface area contributed by atoms with Crippen molar-refractivity contribution in [2.24, 2.45) is 0 Å². The number of benzene rings is 1. The second-order valence-corrected chi connectivity index (χ2v) is 5.60. The first-order valence-corrected chi connectivity index (χ1v) is 6.70. The molecule has 2 aliphatic rings. The van der Waals surface area contributed by atoms with Crippen LogP contribution in [0, 0.1) is 0 Å². The normalized spacial score (nSPS) is 18.8. The molecule has 100 valence electrons. The van der Waals surface area contributed by atoms with Crippen LogP contribution >= 0.6 is 15.9 Å². The maximum Gasteiger partial charge on any atom is 0.314 e. The van der Waals surface area contributed by atoms with Crippen molar-refractivity contribution in [3.63, 3.8) is 0 Å². The Balaban J connectivity index is 2.25. The molecule has 1 aliphatic carbocycles. The van der Waals surface area contributed by atoms with Gasteiger partial charge in [-0.3, -0.25) is 9.59 Å². The summed E-state index contributed by atoms with van der Waals surface area (Å²) in [5, 5.41) is 9.53. The highest BCUT2D eigenvalue weighted by Crippen LogP contribution is 2.54. The molecule has 0 amide bonds. The number of hydrogen-bond donors (Lipinski definition) is 1. The van der Waals surface area contributed by atoms with E-state index in [0.29, 0.717) is 46.2 Å². The van der Waals surface area contributed by atoms with Gasteiger partial charge in [-0.05, 0) is 18.9 Å². The molecule has 0 radical (unpaired) electrons. The number of rotatable bonds is 3. The Morgan fingerprint density at radius 3 is 2.58 bits per heavy atom. The lowest BCUT2D eigenvalue weighted by Crippen LogP contribution is -2.42. The predicted octanol–water partition coefficient (Wildman–Crippen LogP) is 2.50. The molecule has 0 bridgehead atoms. The molecule has 0 spiro atoms. The van der Waals surface area contributed by atoms with E-state index in [1.165, 1.54) is 0 Å². The lowest BCUT2D eigenvalue weighted by molar-refractivity contribution is -0.147. The fraction of sp³-hybridized carbons (Fsp3) is 0.385. The van der Waals surface area contributed by atoms with Gasteiger partial charge in [-0.2, -0.15) is 0 Å². The second-order valence-electron chi connectivity index (χ2n) is 4.75. The third-order valence-electron chi connectivity index (χ3n) is 3.85. The molecular weight excluding hydrogens is 316 g/mol. The number of carboxylic acid groups (broad SMARTS) is 1. The van der Waals surface area contributed by atoms with Gasteiger partial charge in [-0.1, -0.05) is 22.4 Å². The molecule has 1 heterocycles. The number of halogens is 1. The Hall–Kier alpha value is -1.56. The number of carboxylic acids is 1. The summed E-state index contributed by atoms with van der Waals surface area (Å²) in [7, 11) is 0. The Morgan fingerprint density at radius 1 is 1.37 bits per heavy atom. The number of aldehydes is 1. The lowest BCUT2D eigenvalue weighted by Gasteiger charge is -2.39. The molecule has 1 saturated carbocycles. The topological polar surface area (TPSA) is 72.8 Å². The summed E-state index contributed by atoms with van der Waals surface area (Å²) in [5.74, 6) is -0.129. The van der Waals surface area contributed by atoms with Gasteiger partial charge in [0.2, 0.25) is 6.79 Å². The first-order chi connectivity index (χ1) is 9.10. The van der Waals surface area contributed by atoms with Gasteiger partial charge in [-0.15, -0.1) is 0 Å². The minimum atomic E-state index is -0.933.